The summed E-state index contributed by atoms with van der Waals surface area (Å²) in [5.74, 6) is 0.716. The minimum Gasteiger partial charge on any atom is -0.393 e. The molecule has 0 spiro atoms. The van der Waals surface area contributed by atoms with Gasteiger partial charge in [-0.1, -0.05) is 0 Å². The van der Waals surface area contributed by atoms with E-state index in [0.717, 1.165) is 19.5 Å². The highest BCUT2D eigenvalue weighted by molar-refractivity contribution is 4.70. The molecule has 0 aromatic rings. The summed E-state index contributed by atoms with van der Waals surface area (Å²) in [4.78, 5) is 0. The van der Waals surface area contributed by atoms with Crippen LogP contribution in [0.1, 0.15) is 26.2 Å². The van der Waals surface area contributed by atoms with Crippen LogP contribution in [0.2, 0.25) is 0 Å². The molecule has 1 heterocycles. The molecule has 2 N–H and O–H groups in total. The number of piperidine rings is 1. The fraction of sp³-hybridized carbons (Fsp3) is 1.00. The molecule has 0 saturated carbocycles. The minimum absolute atomic E-state index is 0.120. The Morgan fingerprint density at radius 2 is 2.50 bits per heavy atom. The zero-order valence-electron chi connectivity index (χ0n) is 6.64. The van der Waals surface area contributed by atoms with Gasteiger partial charge in [-0.3, -0.25) is 0 Å². The summed E-state index contributed by atoms with van der Waals surface area (Å²) in [5.41, 5.74) is 0. The molecule has 1 fully saturated rings. The molecule has 60 valence electrons. The van der Waals surface area contributed by atoms with Gasteiger partial charge in [0.05, 0.1) is 6.10 Å². The van der Waals surface area contributed by atoms with Gasteiger partial charge < -0.3 is 10.4 Å². The van der Waals surface area contributed by atoms with Crippen LogP contribution in [0.15, 0.2) is 0 Å². The van der Waals surface area contributed by atoms with Gasteiger partial charge in [0.15, 0.2) is 0 Å². The van der Waals surface area contributed by atoms with Crippen LogP contribution in [0.5, 0.6) is 0 Å². The first-order valence-corrected chi connectivity index (χ1v) is 4.18. The lowest BCUT2D eigenvalue weighted by Gasteiger charge is -2.23. The molecule has 1 unspecified atom stereocenters. The molecule has 1 aliphatic rings. The van der Waals surface area contributed by atoms with E-state index in [1.54, 1.807) is 0 Å². The third-order valence-corrected chi connectivity index (χ3v) is 2.07. The quantitative estimate of drug-likeness (QED) is 0.598. The molecule has 0 aromatic carbocycles. The maximum absolute atomic E-state index is 9.08. The molecule has 0 aliphatic carbocycles. The van der Waals surface area contributed by atoms with Crippen LogP contribution >= 0.6 is 0 Å². The smallest absolute Gasteiger partial charge is 0.0515 e. The van der Waals surface area contributed by atoms with Crippen molar-refractivity contribution in [1.29, 1.82) is 0 Å². The van der Waals surface area contributed by atoms with Crippen LogP contribution in [-0.4, -0.2) is 24.3 Å². The Bertz CT molecular complexity index is 87.3. The summed E-state index contributed by atoms with van der Waals surface area (Å²) < 4.78 is 0. The molecular formula is C8H17NO. The Kier molecular flexibility index (Phi) is 3.16. The molecule has 2 heteroatoms. The van der Waals surface area contributed by atoms with Gasteiger partial charge in [-0.05, 0) is 45.2 Å². The predicted octanol–water partition coefficient (Wildman–Crippen LogP) is 0.757. The van der Waals surface area contributed by atoms with Crippen LogP contribution in [0.3, 0.4) is 0 Å². The van der Waals surface area contributed by atoms with Crippen molar-refractivity contribution in [1.82, 2.24) is 5.32 Å². The third kappa shape index (κ3) is 2.67. The number of hydrogen-bond donors (Lipinski definition) is 2. The van der Waals surface area contributed by atoms with Crippen molar-refractivity contribution in [3.05, 3.63) is 0 Å². The van der Waals surface area contributed by atoms with Gasteiger partial charge in [-0.25, -0.2) is 0 Å². The van der Waals surface area contributed by atoms with Gasteiger partial charge in [0.2, 0.25) is 0 Å². The van der Waals surface area contributed by atoms with E-state index in [9.17, 15) is 0 Å². The molecule has 0 bridgehead atoms. The number of aliphatic hydroxyl groups is 1. The molecular weight excluding hydrogens is 126 g/mol. The van der Waals surface area contributed by atoms with E-state index >= 15 is 0 Å². The zero-order valence-corrected chi connectivity index (χ0v) is 6.64. The lowest BCUT2D eigenvalue weighted by atomic mass is 9.94. The van der Waals surface area contributed by atoms with Gasteiger partial charge in [0, 0.05) is 0 Å². The molecule has 2 atom stereocenters. The SMILES string of the molecule is CC(O)C[C@@H]1CCCNC1. The molecule has 1 aliphatic heterocycles. The van der Waals surface area contributed by atoms with E-state index in [1.807, 2.05) is 6.92 Å². The standard InChI is InChI=1S/C8H17NO/c1-7(10)5-8-3-2-4-9-6-8/h7-10H,2-6H2,1H3/t7?,8-/m0/s1. The normalized spacial score (nSPS) is 30.0. The van der Waals surface area contributed by atoms with Gasteiger partial charge in [0.1, 0.15) is 0 Å². The van der Waals surface area contributed by atoms with Crippen molar-refractivity contribution in [3.63, 3.8) is 0 Å². The summed E-state index contributed by atoms with van der Waals surface area (Å²) in [5, 5.41) is 12.4. The van der Waals surface area contributed by atoms with Crippen LogP contribution in [0.4, 0.5) is 0 Å². The maximum Gasteiger partial charge on any atom is 0.0515 e. The van der Waals surface area contributed by atoms with Crippen LogP contribution in [-0.2, 0) is 0 Å². The summed E-state index contributed by atoms with van der Waals surface area (Å²) in [6.45, 7) is 4.13. The van der Waals surface area contributed by atoms with Crippen molar-refractivity contribution >= 4 is 0 Å². The molecule has 1 rings (SSSR count). The van der Waals surface area contributed by atoms with Crippen molar-refractivity contribution < 1.29 is 5.11 Å². The Labute approximate surface area is 62.6 Å². The Morgan fingerprint density at radius 3 is 3.00 bits per heavy atom. The molecule has 1 saturated heterocycles. The summed E-state index contributed by atoms with van der Waals surface area (Å²) in [6, 6.07) is 0. The lowest BCUT2D eigenvalue weighted by molar-refractivity contribution is 0.150. The van der Waals surface area contributed by atoms with Crippen molar-refractivity contribution in [2.45, 2.75) is 32.3 Å². The van der Waals surface area contributed by atoms with Crippen molar-refractivity contribution in [3.8, 4) is 0 Å². The third-order valence-electron chi connectivity index (χ3n) is 2.07. The van der Waals surface area contributed by atoms with Crippen molar-refractivity contribution in [2.75, 3.05) is 13.1 Å². The average molecular weight is 143 g/mol. The van der Waals surface area contributed by atoms with E-state index in [1.165, 1.54) is 12.8 Å². The second-order valence-corrected chi connectivity index (χ2v) is 3.30. The predicted molar refractivity (Wildman–Crippen MR) is 41.9 cm³/mol. The van der Waals surface area contributed by atoms with Crippen LogP contribution in [0, 0.1) is 5.92 Å². The summed E-state index contributed by atoms with van der Waals surface area (Å²) in [6.07, 6.45) is 3.41. The first kappa shape index (κ1) is 8.02. The average Bonchev–Trinajstić information content (AvgIpc) is 1.88. The highest BCUT2D eigenvalue weighted by Gasteiger charge is 2.14. The van der Waals surface area contributed by atoms with Gasteiger partial charge >= 0.3 is 0 Å². The van der Waals surface area contributed by atoms with Crippen molar-refractivity contribution in [2.24, 2.45) is 5.92 Å². The van der Waals surface area contributed by atoms with E-state index in [0.29, 0.717) is 5.92 Å². The lowest BCUT2D eigenvalue weighted by Crippen LogP contribution is -2.31. The monoisotopic (exact) mass is 143 g/mol. The number of aliphatic hydroxyl groups excluding tert-OH is 1. The number of rotatable bonds is 2. The molecule has 0 aromatic heterocycles. The Morgan fingerprint density at radius 1 is 1.70 bits per heavy atom. The Balaban J connectivity index is 2.13. The van der Waals surface area contributed by atoms with E-state index < -0.39 is 0 Å². The fourth-order valence-electron chi connectivity index (χ4n) is 1.61. The number of hydrogen-bond acceptors (Lipinski definition) is 2. The largest absolute Gasteiger partial charge is 0.393 e. The second kappa shape index (κ2) is 3.94. The van der Waals surface area contributed by atoms with Gasteiger partial charge in [-0.2, -0.15) is 0 Å². The van der Waals surface area contributed by atoms with E-state index in [-0.39, 0.29) is 6.10 Å². The Hall–Kier alpha value is -0.0800. The fourth-order valence-corrected chi connectivity index (χ4v) is 1.61. The molecule has 0 radical (unpaired) electrons. The topological polar surface area (TPSA) is 32.3 Å². The van der Waals surface area contributed by atoms with E-state index in [4.69, 9.17) is 5.11 Å². The first-order valence-electron chi connectivity index (χ1n) is 4.18. The first-order chi connectivity index (χ1) is 4.79. The van der Waals surface area contributed by atoms with Crippen LogP contribution in [0.25, 0.3) is 0 Å². The number of nitrogens with one attached hydrogen (secondary N) is 1. The summed E-state index contributed by atoms with van der Waals surface area (Å²) in [7, 11) is 0. The van der Waals surface area contributed by atoms with Gasteiger partial charge in [0.25, 0.3) is 0 Å². The molecule has 0 amide bonds. The highest BCUT2D eigenvalue weighted by atomic mass is 16.3. The van der Waals surface area contributed by atoms with Crippen LogP contribution < -0.4 is 5.32 Å². The zero-order chi connectivity index (χ0) is 7.40. The van der Waals surface area contributed by atoms with E-state index in [2.05, 4.69) is 5.32 Å². The minimum atomic E-state index is -0.120. The van der Waals surface area contributed by atoms with Gasteiger partial charge in [-0.15, -0.1) is 0 Å². The highest BCUT2D eigenvalue weighted by Crippen LogP contribution is 2.15. The summed E-state index contributed by atoms with van der Waals surface area (Å²) >= 11 is 0. The molecule has 10 heavy (non-hydrogen) atoms. The maximum atomic E-state index is 9.08. The second-order valence-electron chi connectivity index (χ2n) is 3.30. The molecule has 2 nitrogen and oxygen atoms in total.